The first kappa shape index (κ1) is 16.5. The van der Waals surface area contributed by atoms with E-state index in [2.05, 4.69) is 21.2 Å². The molecule has 0 fully saturated rings. The number of carbonyl (C=O) groups excluding carboxylic acids is 1. The molecule has 0 bridgehead atoms. The monoisotopic (exact) mass is 362 g/mol. The van der Waals surface area contributed by atoms with Crippen molar-refractivity contribution in [3.8, 4) is 0 Å². The van der Waals surface area contributed by atoms with Gasteiger partial charge in [-0.3, -0.25) is 0 Å². The number of amides is 2. The number of nitrogens with one attached hydrogen (secondary N) is 1. The van der Waals surface area contributed by atoms with Crippen LogP contribution in [0.5, 0.6) is 0 Å². The Morgan fingerprint density at radius 1 is 1.09 bits per heavy atom. The minimum absolute atomic E-state index is 0.0584. The fourth-order valence-corrected chi connectivity index (χ4v) is 2.56. The maximum Gasteiger partial charge on any atom is 0.318 e. The number of benzene rings is 2. The third-order valence-electron chi connectivity index (χ3n) is 3.21. The molecule has 0 aliphatic carbocycles. The summed E-state index contributed by atoms with van der Waals surface area (Å²) in [6.07, 6.45) is 0. The Kier molecular flexibility index (Phi) is 6.43. The van der Waals surface area contributed by atoms with Crippen molar-refractivity contribution < 1.29 is 9.90 Å². The molecule has 5 heteroatoms. The summed E-state index contributed by atoms with van der Waals surface area (Å²) in [7, 11) is 0. The Morgan fingerprint density at radius 2 is 1.82 bits per heavy atom. The van der Waals surface area contributed by atoms with Gasteiger partial charge in [-0.15, -0.1) is 0 Å². The Hall–Kier alpha value is -1.85. The van der Waals surface area contributed by atoms with Crippen molar-refractivity contribution in [3.63, 3.8) is 0 Å². The number of carbonyl (C=O) groups is 1. The van der Waals surface area contributed by atoms with Gasteiger partial charge in [-0.25, -0.2) is 4.79 Å². The van der Waals surface area contributed by atoms with Crippen LogP contribution in [0.4, 0.5) is 4.79 Å². The average molecular weight is 363 g/mol. The van der Waals surface area contributed by atoms with Crippen LogP contribution in [0, 0.1) is 0 Å². The van der Waals surface area contributed by atoms with Crippen molar-refractivity contribution in [2.45, 2.75) is 13.1 Å². The Labute approximate surface area is 138 Å². The molecule has 0 spiro atoms. The van der Waals surface area contributed by atoms with Gasteiger partial charge in [0.2, 0.25) is 0 Å². The zero-order valence-corrected chi connectivity index (χ0v) is 13.8. The number of rotatable bonds is 6. The highest BCUT2D eigenvalue weighted by Gasteiger charge is 2.13. The molecule has 0 heterocycles. The van der Waals surface area contributed by atoms with Crippen LogP contribution in [0.25, 0.3) is 0 Å². The number of nitrogens with zero attached hydrogens (tertiary/aromatic N) is 1. The number of hydrogen-bond donors (Lipinski definition) is 2. The van der Waals surface area contributed by atoms with Crippen molar-refractivity contribution >= 4 is 22.0 Å². The van der Waals surface area contributed by atoms with Gasteiger partial charge in [0, 0.05) is 24.1 Å². The number of aliphatic hydroxyl groups is 1. The summed E-state index contributed by atoms with van der Waals surface area (Å²) in [6.45, 7) is 1.18. The predicted molar refractivity (Wildman–Crippen MR) is 90.3 cm³/mol. The minimum atomic E-state index is -0.183. The minimum Gasteiger partial charge on any atom is -0.395 e. The van der Waals surface area contributed by atoms with Gasteiger partial charge < -0.3 is 15.3 Å². The Balaban J connectivity index is 1.94. The van der Waals surface area contributed by atoms with Gasteiger partial charge in [0.05, 0.1) is 6.61 Å². The molecule has 0 atom stereocenters. The summed E-state index contributed by atoms with van der Waals surface area (Å²) in [5.41, 5.74) is 2.06. The van der Waals surface area contributed by atoms with Crippen LogP contribution in [-0.4, -0.2) is 29.2 Å². The van der Waals surface area contributed by atoms with Crippen molar-refractivity contribution in [3.05, 3.63) is 70.2 Å². The van der Waals surface area contributed by atoms with Gasteiger partial charge in [0.25, 0.3) is 0 Å². The van der Waals surface area contributed by atoms with E-state index in [0.717, 1.165) is 15.6 Å². The van der Waals surface area contributed by atoms with Gasteiger partial charge in [0.15, 0.2) is 0 Å². The number of halogens is 1. The molecule has 2 rings (SSSR count). The lowest BCUT2D eigenvalue weighted by molar-refractivity contribution is 0.173. The van der Waals surface area contributed by atoms with E-state index in [9.17, 15) is 4.79 Å². The summed E-state index contributed by atoms with van der Waals surface area (Å²) in [5.74, 6) is 0. The van der Waals surface area contributed by atoms with E-state index < -0.39 is 0 Å². The molecule has 0 aliphatic rings. The molecular formula is C17H19BrN2O2. The third kappa shape index (κ3) is 5.16. The van der Waals surface area contributed by atoms with Crippen LogP contribution in [0.15, 0.2) is 59.1 Å². The van der Waals surface area contributed by atoms with Crippen LogP contribution in [0.1, 0.15) is 11.1 Å². The average Bonchev–Trinajstić information content (AvgIpc) is 2.53. The highest BCUT2D eigenvalue weighted by Crippen LogP contribution is 2.11. The van der Waals surface area contributed by atoms with Gasteiger partial charge >= 0.3 is 6.03 Å². The maximum atomic E-state index is 12.3. The molecule has 0 unspecified atom stereocenters. The van der Waals surface area contributed by atoms with E-state index >= 15 is 0 Å². The lowest BCUT2D eigenvalue weighted by Crippen LogP contribution is -2.40. The van der Waals surface area contributed by atoms with E-state index in [0.29, 0.717) is 19.6 Å². The lowest BCUT2D eigenvalue weighted by Gasteiger charge is -2.22. The molecule has 0 saturated heterocycles. The molecule has 0 aliphatic heterocycles. The van der Waals surface area contributed by atoms with Crippen LogP contribution in [0.2, 0.25) is 0 Å². The molecular weight excluding hydrogens is 344 g/mol. The summed E-state index contributed by atoms with van der Waals surface area (Å²) in [6, 6.07) is 17.4. The standard InChI is InChI=1S/C17H19BrN2O2/c18-16-8-4-7-15(11-16)12-19-17(22)20(9-10-21)13-14-5-2-1-3-6-14/h1-8,11,21H,9-10,12-13H2,(H,19,22). The summed E-state index contributed by atoms with van der Waals surface area (Å²) >= 11 is 3.41. The molecule has 0 saturated carbocycles. The van der Waals surface area contributed by atoms with E-state index in [1.807, 2.05) is 54.6 Å². The number of hydrogen-bond acceptors (Lipinski definition) is 2. The summed E-state index contributed by atoms with van der Waals surface area (Å²) in [4.78, 5) is 13.9. The SMILES string of the molecule is O=C(NCc1cccc(Br)c1)N(CCO)Cc1ccccc1. The van der Waals surface area contributed by atoms with E-state index in [1.54, 1.807) is 4.90 Å². The normalized spacial score (nSPS) is 10.3. The highest BCUT2D eigenvalue weighted by molar-refractivity contribution is 9.10. The second-order valence-corrected chi connectivity index (χ2v) is 5.84. The molecule has 2 aromatic carbocycles. The quantitative estimate of drug-likeness (QED) is 0.829. The predicted octanol–water partition coefficient (Wildman–Crippen LogP) is 3.15. The fourth-order valence-electron chi connectivity index (χ4n) is 2.11. The molecule has 0 aromatic heterocycles. The lowest BCUT2D eigenvalue weighted by atomic mass is 10.2. The van der Waals surface area contributed by atoms with Crippen LogP contribution < -0.4 is 5.32 Å². The molecule has 4 nitrogen and oxygen atoms in total. The fraction of sp³-hybridized carbons (Fsp3) is 0.235. The van der Waals surface area contributed by atoms with Crippen molar-refractivity contribution in [2.24, 2.45) is 0 Å². The molecule has 22 heavy (non-hydrogen) atoms. The third-order valence-corrected chi connectivity index (χ3v) is 3.70. The summed E-state index contributed by atoms with van der Waals surface area (Å²) in [5, 5.41) is 12.0. The zero-order chi connectivity index (χ0) is 15.8. The van der Waals surface area contributed by atoms with Crippen molar-refractivity contribution in [2.75, 3.05) is 13.2 Å². The van der Waals surface area contributed by atoms with Crippen LogP contribution in [-0.2, 0) is 13.1 Å². The van der Waals surface area contributed by atoms with Crippen molar-refractivity contribution in [1.82, 2.24) is 10.2 Å². The van der Waals surface area contributed by atoms with Gasteiger partial charge in [-0.2, -0.15) is 0 Å². The van der Waals surface area contributed by atoms with E-state index in [1.165, 1.54) is 0 Å². The second kappa shape index (κ2) is 8.56. The van der Waals surface area contributed by atoms with Crippen LogP contribution in [0.3, 0.4) is 0 Å². The largest absolute Gasteiger partial charge is 0.395 e. The van der Waals surface area contributed by atoms with Gasteiger partial charge in [-0.1, -0.05) is 58.4 Å². The second-order valence-electron chi connectivity index (χ2n) is 4.92. The molecule has 2 amide bonds. The van der Waals surface area contributed by atoms with Gasteiger partial charge in [0.1, 0.15) is 0 Å². The summed E-state index contributed by atoms with van der Waals surface area (Å²) < 4.78 is 0.982. The Bertz CT molecular complexity index is 605. The number of urea groups is 1. The molecule has 2 aromatic rings. The van der Waals surface area contributed by atoms with E-state index in [-0.39, 0.29) is 12.6 Å². The topological polar surface area (TPSA) is 52.6 Å². The van der Waals surface area contributed by atoms with Crippen LogP contribution >= 0.6 is 15.9 Å². The first-order valence-corrected chi connectivity index (χ1v) is 7.90. The first-order chi connectivity index (χ1) is 10.7. The van der Waals surface area contributed by atoms with Crippen molar-refractivity contribution in [1.29, 1.82) is 0 Å². The zero-order valence-electron chi connectivity index (χ0n) is 12.2. The maximum absolute atomic E-state index is 12.3. The highest BCUT2D eigenvalue weighted by atomic mass is 79.9. The first-order valence-electron chi connectivity index (χ1n) is 7.11. The smallest absolute Gasteiger partial charge is 0.318 e. The molecule has 0 radical (unpaired) electrons. The molecule has 2 N–H and O–H groups in total. The molecule has 116 valence electrons. The Morgan fingerprint density at radius 3 is 2.50 bits per heavy atom. The van der Waals surface area contributed by atoms with Gasteiger partial charge in [-0.05, 0) is 23.3 Å². The van der Waals surface area contributed by atoms with E-state index in [4.69, 9.17) is 5.11 Å². The number of aliphatic hydroxyl groups excluding tert-OH is 1.